The van der Waals surface area contributed by atoms with Crippen molar-refractivity contribution < 1.29 is 4.79 Å². The van der Waals surface area contributed by atoms with Crippen LogP contribution in [0, 0.1) is 9.85 Å². The van der Waals surface area contributed by atoms with Crippen LogP contribution in [-0.4, -0.2) is 13.0 Å². The van der Waals surface area contributed by atoms with Crippen molar-refractivity contribution in [2.75, 3.05) is 6.54 Å². The van der Waals surface area contributed by atoms with Crippen LogP contribution in [0.25, 0.3) is 0 Å². The summed E-state index contributed by atoms with van der Waals surface area (Å²) < 4.78 is 2.60. The molecule has 0 aliphatic heterocycles. The fourth-order valence-electron chi connectivity index (χ4n) is 0.126. The number of hydrogen-bond donors (Lipinski definition) is 1. The van der Waals surface area contributed by atoms with Gasteiger partial charge in [-0.05, 0) is 3.93 Å². The van der Waals surface area contributed by atoms with Gasteiger partial charge in [-0.15, -0.1) is 0 Å². The van der Waals surface area contributed by atoms with E-state index in [0.29, 0.717) is 13.0 Å². The minimum atomic E-state index is 0.451. The van der Waals surface area contributed by atoms with Gasteiger partial charge in [-0.25, -0.2) is 0 Å². The van der Waals surface area contributed by atoms with Crippen LogP contribution >= 0.6 is 22.6 Å². The number of amides is 1. The molecule has 2 nitrogen and oxygen atoms in total. The van der Waals surface area contributed by atoms with Crippen molar-refractivity contribution in [2.24, 2.45) is 0 Å². The van der Waals surface area contributed by atoms with Gasteiger partial charge in [-0.1, -0.05) is 5.92 Å². The Kier molecular flexibility index (Phi) is 5.56. The standard InChI is InChI=1S/C4H4INO/c5-2-1-3-6-4-7/h4H,3H2,(H,6,7). The predicted molar refractivity (Wildman–Crippen MR) is 35.9 cm³/mol. The quantitative estimate of drug-likeness (QED) is 0.298. The fraction of sp³-hybridized carbons (Fsp3) is 0.250. The summed E-state index contributed by atoms with van der Waals surface area (Å²) in [5.41, 5.74) is 0. The minimum absolute atomic E-state index is 0.451. The second-order valence-electron chi connectivity index (χ2n) is 0.770. The van der Waals surface area contributed by atoms with E-state index in [1.54, 1.807) is 0 Å². The molecule has 7 heavy (non-hydrogen) atoms. The highest BCUT2D eigenvalue weighted by molar-refractivity contribution is 14.1. The summed E-state index contributed by atoms with van der Waals surface area (Å²) in [4.78, 5) is 9.50. The first kappa shape index (κ1) is 6.76. The lowest BCUT2D eigenvalue weighted by Gasteiger charge is -1.79. The minimum Gasteiger partial charge on any atom is -0.348 e. The van der Waals surface area contributed by atoms with Gasteiger partial charge in [0.2, 0.25) is 6.41 Å². The third-order valence-electron chi connectivity index (χ3n) is 0.341. The Morgan fingerprint density at radius 3 is 3.00 bits per heavy atom. The molecule has 0 atom stereocenters. The molecule has 0 aliphatic carbocycles. The van der Waals surface area contributed by atoms with E-state index >= 15 is 0 Å². The van der Waals surface area contributed by atoms with Crippen LogP contribution < -0.4 is 5.32 Å². The number of carbonyl (C=O) groups is 1. The van der Waals surface area contributed by atoms with Crippen molar-refractivity contribution in [1.29, 1.82) is 0 Å². The maximum absolute atomic E-state index is 9.50. The average molecular weight is 209 g/mol. The van der Waals surface area contributed by atoms with Gasteiger partial charge in [0, 0.05) is 22.6 Å². The van der Waals surface area contributed by atoms with E-state index in [1.165, 1.54) is 0 Å². The number of rotatable bonds is 2. The molecule has 0 rings (SSSR count). The Morgan fingerprint density at radius 2 is 2.57 bits per heavy atom. The fourth-order valence-corrected chi connectivity index (χ4v) is 0.317. The molecule has 38 valence electrons. The molecule has 0 unspecified atom stereocenters. The summed E-state index contributed by atoms with van der Waals surface area (Å²) in [5, 5.41) is 2.39. The van der Waals surface area contributed by atoms with Crippen LogP contribution in [0.4, 0.5) is 0 Å². The van der Waals surface area contributed by atoms with Gasteiger partial charge >= 0.3 is 0 Å². The van der Waals surface area contributed by atoms with Gasteiger partial charge in [0.25, 0.3) is 0 Å². The number of carbonyl (C=O) groups excluding carboxylic acids is 1. The third-order valence-corrected chi connectivity index (χ3v) is 0.722. The second kappa shape index (κ2) is 5.76. The molecule has 0 aliphatic rings. The SMILES string of the molecule is O=CNCC#CI. The zero-order valence-corrected chi connectivity index (χ0v) is 5.73. The van der Waals surface area contributed by atoms with Crippen LogP contribution in [0.1, 0.15) is 0 Å². The first-order chi connectivity index (χ1) is 3.41. The maximum atomic E-state index is 9.50. The zero-order chi connectivity index (χ0) is 5.54. The zero-order valence-electron chi connectivity index (χ0n) is 3.57. The van der Waals surface area contributed by atoms with E-state index in [1.807, 2.05) is 22.6 Å². The molecular weight excluding hydrogens is 205 g/mol. The molecular formula is C4H4INO. The summed E-state index contributed by atoms with van der Waals surface area (Å²) >= 11 is 1.91. The van der Waals surface area contributed by atoms with E-state index in [-0.39, 0.29) is 0 Å². The van der Waals surface area contributed by atoms with Gasteiger partial charge in [0.1, 0.15) is 0 Å². The second-order valence-corrected chi connectivity index (χ2v) is 1.31. The molecule has 0 aromatic carbocycles. The Bertz CT molecular complexity index is 102. The van der Waals surface area contributed by atoms with Crippen molar-refractivity contribution in [3.8, 4) is 9.85 Å². The molecule has 0 fully saturated rings. The summed E-state index contributed by atoms with van der Waals surface area (Å²) in [5.74, 6) is 2.64. The molecule has 0 aromatic heterocycles. The molecule has 1 N–H and O–H groups in total. The summed E-state index contributed by atoms with van der Waals surface area (Å²) in [7, 11) is 0. The predicted octanol–water partition coefficient (Wildman–Crippen LogP) is 0.128. The maximum Gasteiger partial charge on any atom is 0.207 e. The molecule has 0 heterocycles. The van der Waals surface area contributed by atoms with E-state index in [0.717, 1.165) is 0 Å². The lowest BCUT2D eigenvalue weighted by atomic mass is 10.7. The van der Waals surface area contributed by atoms with E-state index in [4.69, 9.17) is 0 Å². The third kappa shape index (κ3) is 5.76. The van der Waals surface area contributed by atoms with Gasteiger partial charge in [-0.2, -0.15) is 0 Å². The molecule has 0 saturated heterocycles. The van der Waals surface area contributed by atoms with Gasteiger partial charge in [0.05, 0.1) is 6.54 Å². The van der Waals surface area contributed by atoms with Crippen molar-refractivity contribution in [2.45, 2.75) is 0 Å². The van der Waals surface area contributed by atoms with Crippen molar-refractivity contribution in [3.63, 3.8) is 0 Å². The number of nitrogens with one attached hydrogen (secondary N) is 1. The summed E-state index contributed by atoms with van der Waals surface area (Å²) in [6, 6.07) is 0. The van der Waals surface area contributed by atoms with Gasteiger partial charge in [-0.3, -0.25) is 4.79 Å². The van der Waals surface area contributed by atoms with Gasteiger partial charge < -0.3 is 5.32 Å². The summed E-state index contributed by atoms with van der Waals surface area (Å²) in [6.07, 6.45) is 0.626. The first-order valence-electron chi connectivity index (χ1n) is 1.67. The van der Waals surface area contributed by atoms with Crippen molar-refractivity contribution >= 4 is 29.0 Å². The van der Waals surface area contributed by atoms with Crippen LogP contribution in [0.5, 0.6) is 0 Å². The van der Waals surface area contributed by atoms with Gasteiger partial charge in [0.15, 0.2) is 0 Å². The number of halogens is 1. The Morgan fingerprint density at radius 1 is 1.86 bits per heavy atom. The molecule has 0 spiro atoms. The first-order valence-corrected chi connectivity index (χ1v) is 2.75. The molecule has 0 saturated carbocycles. The van der Waals surface area contributed by atoms with Crippen LogP contribution in [0.2, 0.25) is 0 Å². The van der Waals surface area contributed by atoms with Crippen LogP contribution in [-0.2, 0) is 4.79 Å². The molecule has 0 bridgehead atoms. The van der Waals surface area contributed by atoms with Crippen molar-refractivity contribution in [3.05, 3.63) is 0 Å². The van der Waals surface area contributed by atoms with Crippen LogP contribution in [0.15, 0.2) is 0 Å². The monoisotopic (exact) mass is 209 g/mol. The highest BCUT2D eigenvalue weighted by Gasteiger charge is 1.66. The topological polar surface area (TPSA) is 29.1 Å². The smallest absolute Gasteiger partial charge is 0.207 e. The Hall–Kier alpha value is -0.240. The van der Waals surface area contributed by atoms with E-state index in [2.05, 4.69) is 15.2 Å². The molecule has 3 heteroatoms. The van der Waals surface area contributed by atoms with E-state index in [9.17, 15) is 4.79 Å². The van der Waals surface area contributed by atoms with E-state index < -0.39 is 0 Å². The molecule has 1 amide bonds. The average Bonchev–Trinajstić information content (AvgIpc) is 1.69. The largest absolute Gasteiger partial charge is 0.348 e. The highest BCUT2D eigenvalue weighted by atomic mass is 127. The lowest BCUT2D eigenvalue weighted by Crippen LogP contribution is -2.09. The number of hydrogen-bond acceptors (Lipinski definition) is 1. The summed E-state index contributed by atoms with van der Waals surface area (Å²) in [6.45, 7) is 0.451. The normalized spacial score (nSPS) is 5.86. The van der Waals surface area contributed by atoms with Crippen molar-refractivity contribution in [1.82, 2.24) is 5.32 Å². The lowest BCUT2D eigenvalue weighted by molar-refractivity contribution is -0.109. The molecule has 0 radical (unpaired) electrons. The Labute approximate surface area is 55.8 Å². The molecule has 0 aromatic rings. The highest BCUT2D eigenvalue weighted by Crippen LogP contribution is 1.66. The van der Waals surface area contributed by atoms with Crippen LogP contribution in [0.3, 0.4) is 0 Å². The Balaban J connectivity index is 2.92.